The molecule has 25 heavy (non-hydrogen) atoms. The number of H-pyrrole nitrogens is 1. The molecule has 1 aromatic carbocycles. The van der Waals surface area contributed by atoms with Crippen LogP contribution in [0.4, 0.5) is 0 Å². The second-order valence-electron chi connectivity index (χ2n) is 5.55. The molecule has 0 unspecified atom stereocenters. The SMILES string of the molecule is CCCn1c(SCC(=O)NC[C@@H]2COc3ccccc3O2)n[nH]c1=O. The van der Waals surface area contributed by atoms with Gasteiger partial charge in [0.25, 0.3) is 0 Å². The Labute approximate surface area is 148 Å². The van der Waals surface area contributed by atoms with Crippen molar-refractivity contribution in [2.24, 2.45) is 0 Å². The summed E-state index contributed by atoms with van der Waals surface area (Å²) in [5.41, 5.74) is -0.254. The summed E-state index contributed by atoms with van der Waals surface area (Å²) in [4.78, 5) is 23.6. The molecule has 0 spiro atoms. The number of benzene rings is 1. The highest BCUT2D eigenvalue weighted by Crippen LogP contribution is 2.30. The minimum absolute atomic E-state index is 0.147. The van der Waals surface area contributed by atoms with E-state index >= 15 is 0 Å². The largest absolute Gasteiger partial charge is 0.486 e. The highest BCUT2D eigenvalue weighted by Gasteiger charge is 2.21. The van der Waals surface area contributed by atoms with Gasteiger partial charge < -0.3 is 14.8 Å². The number of rotatable bonds is 7. The van der Waals surface area contributed by atoms with Gasteiger partial charge in [-0.25, -0.2) is 9.89 Å². The van der Waals surface area contributed by atoms with Gasteiger partial charge in [0.05, 0.1) is 12.3 Å². The molecule has 0 saturated carbocycles. The zero-order chi connectivity index (χ0) is 17.6. The van der Waals surface area contributed by atoms with Gasteiger partial charge in [-0.3, -0.25) is 9.36 Å². The van der Waals surface area contributed by atoms with E-state index in [1.165, 1.54) is 16.3 Å². The fourth-order valence-electron chi connectivity index (χ4n) is 2.41. The Balaban J connectivity index is 1.45. The van der Waals surface area contributed by atoms with E-state index in [4.69, 9.17) is 9.47 Å². The second-order valence-corrected chi connectivity index (χ2v) is 6.50. The van der Waals surface area contributed by atoms with Crippen LogP contribution in [0.2, 0.25) is 0 Å². The van der Waals surface area contributed by atoms with E-state index in [1.807, 2.05) is 31.2 Å². The van der Waals surface area contributed by atoms with E-state index in [-0.39, 0.29) is 23.5 Å². The Morgan fingerprint density at radius 2 is 2.24 bits per heavy atom. The van der Waals surface area contributed by atoms with E-state index in [0.29, 0.717) is 36.4 Å². The Hall–Kier alpha value is -2.42. The number of hydrogen-bond acceptors (Lipinski definition) is 6. The lowest BCUT2D eigenvalue weighted by molar-refractivity contribution is -0.119. The van der Waals surface area contributed by atoms with Crippen molar-refractivity contribution in [3.63, 3.8) is 0 Å². The highest BCUT2D eigenvalue weighted by atomic mass is 32.2. The Morgan fingerprint density at radius 1 is 1.44 bits per heavy atom. The molecule has 2 N–H and O–H groups in total. The first kappa shape index (κ1) is 17.4. The molecule has 8 nitrogen and oxygen atoms in total. The standard InChI is InChI=1S/C16H20N4O4S/c1-2-7-20-15(22)18-19-16(20)25-10-14(21)17-8-11-9-23-12-5-3-4-6-13(12)24-11/h3-6,11H,2,7-10H2,1H3,(H,17,21)(H,18,22)/t11-/m1/s1. The van der Waals surface area contributed by atoms with Crippen LogP contribution in [0.1, 0.15) is 13.3 Å². The van der Waals surface area contributed by atoms with Crippen LogP contribution >= 0.6 is 11.8 Å². The molecule has 9 heteroatoms. The summed E-state index contributed by atoms with van der Waals surface area (Å²) >= 11 is 1.23. The number of ether oxygens (including phenoxy) is 2. The van der Waals surface area contributed by atoms with Crippen LogP contribution in [0, 0.1) is 0 Å². The lowest BCUT2D eigenvalue weighted by Gasteiger charge is -2.26. The molecule has 0 saturated heterocycles. The van der Waals surface area contributed by atoms with Gasteiger partial charge >= 0.3 is 5.69 Å². The Kier molecular flexibility index (Phi) is 5.64. The molecule has 1 aromatic heterocycles. The van der Waals surface area contributed by atoms with Crippen molar-refractivity contribution in [2.45, 2.75) is 31.1 Å². The second kappa shape index (κ2) is 8.11. The monoisotopic (exact) mass is 364 g/mol. The van der Waals surface area contributed by atoms with Crippen LogP contribution < -0.4 is 20.5 Å². The predicted octanol–water partition coefficient (Wildman–Crippen LogP) is 1.03. The van der Waals surface area contributed by atoms with Crippen molar-refractivity contribution >= 4 is 17.7 Å². The molecule has 0 aliphatic carbocycles. The average Bonchev–Trinajstić information content (AvgIpc) is 2.98. The Morgan fingerprint density at radius 3 is 3.04 bits per heavy atom. The van der Waals surface area contributed by atoms with Gasteiger partial charge in [0.15, 0.2) is 16.7 Å². The summed E-state index contributed by atoms with van der Waals surface area (Å²) < 4.78 is 12.9. The van der Waals surface area contributed by atoms with Gasteiger partial charge in [-0.2, -0.15) is 0 Å². The summed E-state index contributed by atoms with van der Waals surface area (Å²) in [6.07, 6.45) is 0.590. The van der Waals surface area contributed by atoms with Gasteiger partial charge in [-0.05, 0) is 18.6 Å². The highest BCUT2D eigenvalue weighted by molar-refractivity contribution is 7.99. The molecule has 0 fully saturated rings. The first-order chi connectivity index (χ1) is 12.2. The molecule has 1 aliphatic heterocycles. The number of hydrogen-bond donors (Lipinski definition) is 2. The van der Waals surface area contributed by atoms with E-state index in [1.54, 1.807) is 0 Å². The molecule has 2 heterocycles. The van der Waals surface area contributed by atoms with E-state index in [0.717, 1.165) is 6.42 Å². The molecule has 1 amide bonds. The summed E-state index contributed by atoms with van der Waals surface area (Å²) in [7, 11) is 0. The van der Waals surface area contributed by atoms with Crippen LogP contribution in [0.3, 0.4) is 0 Å². The maximum atomic E-state index is 12.0. The number of para-hydroxylation sites is 2. The van der Waals surface area contributed by atoms with Gasteiger partial charge in [0, 0.05) is 6.54 Å². The minimum atomic E-state index is -0.254. The third kappa shape index (κ3) is 4.36. The molecular weight excluding hydrogens is 344 g/mol. The summed E-state index contributed by atoms with van der Waals surface area (Å²) in [6.45, 7) is 3.30. The normalized spacial score (nSPS) is 15.8. The minimum Gasteiger partial charge on any atom is -0.486 e. The summed E-state index contributed by atoms with van der Waals surface area (Å²) in [6, 6.07) is 7.44. The van der Waals surface area contributed by atoms with Gasteiger partial charge in [-0.1, -0.05) is 30.8 Å². The molecule has 0 radical (unpaired) electrons. The number of aromatic amines is 1. The fourth-order valence-corrected chi connectivity index (χ4v) is 3.21. The first-order valence-electron chi connectivity index (χ1n) is 8.10. The van der Waals surface area contributed by atoms with Crippen molar-refractivity contribution in [2.75, 3.05) is 18.9 Å². The van der Waals surface area contributed by atoms with Crippen molar-refractivity contribution in [3.05, 3.63) is 34.7 Å². The van der Waals surface area contributed by atoms with Crippen molar-refractivity contribution in [3.8, 4) is 11.5 Å². The number of nitrogens with one attached hydrogen (secondary N) is 2. The maximum absolute atomic E-state index is 12.0. The van der Waals surface area contributed by atoms with Crippen LogP contribution in [-0.2, 0) is 11.3 Å². The molecule has 1 aliphatic rings. The molecular formula is C16H20N4O4S. The van der Waals surface area contributed by atoms with Gasteiger partial charge in [0.1, 0.15) is 12.7 Å². The summed E-state index contributed by atoms with van der Waals surface area (Å²) in [5, 5.41) is 9.70. The molecule has 3 rings (SSSR count). The van der Waals surface area contributed by atoms with E-state index < -0.39 is 0 Å². The predicted molar refractivity (Wildman–Crippen MR) is 93.2 cm³/mol. The van der Waals surface area contributed by atoms with Gasteiger partial charge in [0.2, 0.25) is 5.91 Å². The molecule has 0 bridgehead atoms. The number of amides is 1. The lowest BCUT2D eigenvalue weighted by Crippen LogP contribution is -2.41. The van der Waals surface area contributed by atoms with Crippen LogP contribution in [0.15, 0.2) is 34.2 Å². The summed E-state index contributed by atoms with van der Waals surface area (Å²) in [5.74, 6) is 1.43. The topological polar surface area (TPSA) is 98.2 Å². The third-order valence-corrected chi connectivity index (χ3v) is 4.57. The van der Waals surface area contributed by atoms with Crippen LogP contribution in [0.5, 0.6) is 11.5 Å². The maximum Gasteiger partial charge on any atom is 0.343 e. The molecule has 134 valence electrons. The number of nitrogens with zero attached hydrogens (tertiary/aromatic N) is 2. The lowest BCUT2D eigenvalue weighted by atomic mass is 10.2. The number of fused-ring (bicyclic) bond motifs is 1. The number of carbonyl (C=O) groups excluding carboxylic acids is 1. The van der Waals surface area contributed by atoms with Crippen LogP contribution in [-0.4, -0.2) is 45.7 Å². The van der Waals surface area contributed by atoms with E-state index in [2.05, 4.69) is 15.5 Å². The van der Waals surface area contributed by atoms with E-state index in [9.17, 15) is 9.59 Å². The van der Waals surface area contributed by atoms with Gasteiger partial charge in [-0.15, -0.1) is 5.10 Å². The zero-order valence-corrected chi connectivity index (χ0v) is 14.7. The molecule has 1 atom stereocenters. The smallest absolute Gasteiger partial charge is 0.343 e. The fraction of sp³-hybridized carbons (Fsp3) is 0.438. The molecule has 2 aromatic rings. The number of aromatic nitrogens is 3. The van der Waals surface area contributed by atoms with Crippen LogP contribution in [0.25, 0.3) is 0 Å². The zero-order valence-electron chi connectivity index (χ0n) is 13.9. The Bertz CT molecular complexity index is 788. The number of thioether (sulfide) groups is 1. The third-order valence-electron chi connectivity index (χ3n) is 3.60. The van der Waals surface area contributed by atoms with Crippen molar-refractivity contribution in [1.29, 1.82) is 0 Å². The quantitative estimate of drug-likeness (QED) is 0.712. The van der Waals surface area contributed by atoms with Crippen molar-refractivity contribution < 1.29 is 14.3 Å². The first-order valence-corrected chi connectivity index (χ1v) is 9.09. The number of carbonyl (C=O) groups is 1. The average molecular weight is 364 g/mol. The van der Waals surface area contributed by atoms with Crippen molar-refractivity contribution in [1.82, 2.24) is 20.1 Å².